The zero-order chi connectivity index (χ0) is 16.8. The molecule has 0 saturated heterocycles. The average Bonchev–Trinajstić information content (AvgIpc) is 2.54. The maximum Gasteiger partial charge on any atom is 0.217 e. The number of hydrogen-bond acceptors (Lipinski definition) is 4. The zero-order valence-corrected chi connectivity index (χ0v) is 13.8. The van der Waals surface area contributed by atoms with Gasteiger partial charge in [0.1, 0.15) is 5.82 Å². The number of hydrogen-bond donors (Lipinski definition) is 1. The van der Waals surface area contributed by atoms with Crippen LogP contribution in [0.25, 0.3) is 0 Å². The second kappa shape index (κ2) is 7.97. The van der Waals surface area contributed by atoms with E-state index in [4.69, 9.17) is 9.47 Å². The van der Waals surface area contributed by atoms with Gasteiger partial charge in [-0.25, -0.2) is 4.39 Å². The van der Waals surface area contributed by atoms with Gasteiger partial charge >= 0.3 is 0 Å². The summed E-state index contributed by atoms with van der Waals surface area (Å²) in [5, 5.41) is 2.80. The first-order valence-corrected chi connectivity index (χ1v) is 7.58. The summed E-state index contributed by atoms with van der Waals surface area (Å²) in [6.07, 6.45) is 3.03. The predicted octanol–water partition coefficient (Wildman–Crippen LogP) is 2.11. The fourth-order valence-corrected chi connectivity index (χ4v) is 2.64. The summed E-state index contributed by atoms with van der Waals surface area (Å²) in [5.41, 5.74) is 1.72. The average molecular weight is 322 g/mol. The topological polar surface area (TPSA) is 50.8 Å². The van der Waals surface area contributed by atoms with Crippen molar-refractivity contribution >= 4 is 5.91 Å². The van der Waals surface area contributed by atoms with Crippen LogP contribution in [0.15, 0.2) is 23.8 Å². The van der Waals surface area contributed by atoms with Crippen molar-refractivity contribution in [3.8, 4) is 11.5 Å². The van der Waals surface area contributed by atoms with Crippen LogP contribution in [0, 0.1) is 5.82 Å². The Morgan fingerprint density at radius 3 is 2.65 bits per heavy atom. The molecule has 1 amide bonds. The number of nitrogens with zero attached hydrogens (tertiary/aromatic N) is 1. The lowest BCUT2D eigenvalue weighted by molar-refractivity contribution is -0.118. The van der Waals surface area contributed by atoms with Gasteiger partial charge in [-0.3, -0.25) is 9.69 Å². The summed E-state index contributed by atoms with van der Waals surface area (Å²) < 4.78 is 24.6. The van der Waals surface area contributed by atoms with Crippen molar-refractivity contribution < 1.29 is 18.7 Å². The van der Waals surface area contributed by atoms with Crippen LogP contribution in [-0.4, -0.2) is 44.7 Å². The van der Waals surface area contributed by atoms with Gasteiger partial charge in [-0.15, -0.1) is 0 Å². The molecule has 0 saturated carbocycles. The second-order valence-corrected chi connectivity index (χ2v) is 5.57. The number of ether oxygens (including phenoxy) is 2. The van der Waals surface area contributed by atoms with Crippen molar-refractivity contribution in [2.24, 2.45) is 0 Å². The first-order chi connectivity index (χ1) is 11.0. The van der Waals surface area contributed by atoms with Crippen molar-refractivity contribution in [2.45, 2.75) is 19.9 Å². The van der Waals surface area contributed by atoms with E-state index < -0.39 is 0 Å². The number of carbonyl (C=O) groups is 1. The minimum Gasteiger partial charge on any atom is -0.493 e. The van der Waals surface area contributed by atoms with Gasteiger partial charge in [0.2, 0.25) is 5.91 Å². The van der Waals surface area contributed by atoms with Crippen molar-refractivity contribution in [3.05, 3.63) is 35.2 Å². The number of halogens is 1. The molecule has 0 fully saturated rings. The fraction of sp³-hybridized carbons (Fsp3) is 0.471. The third-order valence-corrected chi connectivity index (χ3v) is 3.82. The minimum atomic E-state index is -0.305. The SMILES string of the molecule is COc1cc(F)c(CN2CCC=C(CNC(C)=O)C2)cc1OC. The molecule has 23 heavy (non-hydrogen) atoms. The lowest BCUT2D eigenvalue weighted by atomic mass is 10.1. The number of rotatable bonds is 6. The summed E-state index contributed by atoms with van der Waals surface area (Å²) in [6, 6.07) is 3.03. The Balaban J connectivity index is 2.05. The molecule has 1 heterocycles. The molecular weight excluding hydrogens is 299 g/mol. The molecule has 5 nitrogen and oxygen atoms in total. The van der Waals surface area contributed by atoms with E-state index in [1.165, 1.54) is 27.2 Å². The standard InChI is InChI=1S/C17H23FN2O3/c1-12(21)19-9-13-5-4-6-20(10-13)11-14-7-16(22-2)17(23-3)8-15(14)18/h5,7-8H,4,6,9-11H2,1-3H3,(H,19,21). The Labute approximate surface area is 136 Å². The summed E-state index contributed by atoms with van der Waals surface area (Å²) in [7, 11) is 3.02. The molecule has 0 spiro atoms. The molecule has 1 N–H and O–H groups in total. The van der Waals surface area contributed by atoms with E-state index in [0.29, 0.717) is 36.7 Å². The molecule has 0 radical (unpaired) electrons. The minimum absolute atomic E-state index is 0.0473. The van der Waals surface area contributed by atoms with Crippen molar-refractivity contribution in [3.63, 3.8) is 0 Å². The Morgan fingerprint density at radius 1 is 1.30 bits per heavy atom. The fourth-order valence-electron chi connectivity index (χ4n) is 2.64. The van der Waals surface area contributed by atoms with Crippen molar-refractivity contribution in [1.82, 2.24) is 10.2 Å². The van der Waals surface area contributed by atoms with Crippen LogP contribution < -0.4 is 14.8 Å². The second-order valence-electron chi connectivity index (χ2n) is 5.57. The Morgan fingerprint density at radius 2 is 2.00 bits per heavy atom. The monoisotopic (exact) mass is 322 g/mol. The lowest BCUT2D eigenvalue weighted by Gasteiger charge is -2.27. The molecule has 1 aliphatic rings. The van der Waals surface area contributed by atoms with Crippen LogP contribution in [0.5, 0.6) is 11.5 Å². The molecule has 0 unspecified atom stereocenters. The molecule has 1 aliphatic heterocycles. The van der Waals surface area contributed by atoms with E-state index >= 15 is 0 Å². The molecule has 2 rings (SSSR count). The van der Waals surface area contributed by atoms with Crippen molar-refractivity contribution in [1.29, 1.82) is 0 Å². The summed E-state index contributed by atoms with van der Waals surface area (Å²) >= 11 is 0. The molecular formula is C17H23FN2O3. The molecule has 0 atom stereocenters. The van der Waals surface area contributed by atoms with Gasteiger partial charge in [0, 0.05) is 44.7 Å². The van der Waals surface area contributed by atoms with E-state index in [-0.39, 0.29) is 11.7 Å². The van der Waals surface area contributed by atoms with Crippen molar-refractivity contribution in [2.75, 3.05) is 33.9 Å². The molecule has 0 bridgehead atoms. The van der Waals surface area contributed by atoms with Crippen LogP contribution in [0.2, 0.25) is 0 Å². The highest BCUT2D eigenvalue weighted by molar-refractivity contribution is 5.73. The third kappa shape index (κ3) is 4.69. The number of methoxy groups -OCH3 is 2. The van der Waals surface area contributed by atoms with Crippen LogP contribution in [0.1, 0.15) is 18.9 Å². The van der Waals surface area contributed by atoms with Gasteiger partial charge in [0.05, 0.1) is 14.2 Å². The smallest absolute Gasteiger partial charge is 0.217 e. The van der Waals surface area contributed by atoms with E-state index in [1.807, 2.05) is 0 Å². The van der Waals surface area contributed by atoms with Crippen LogP contribution in [0.3, 0.4) is 0 Å². The molecule has 0 aliphatic carbocycles. The summed E-state index contributed by atoms with van der Waals surface area (Å²) in [6.45, 7) is 4.11. The van der Waals surface area contributed by atoms with E-state index in [0.717, 1.165) is 18.5 Å². The highest BCUT2D eigenvalue weighted by Crippen LogP contribution is 2.30. The van der Waals surface area contributed by atoms with E-state index in [9.17, 15) is 9.18 Å². The van der Waals surface area contributed by atoms with E-state index in [1.54, 1.807) is 6.07 Å². The van der Waals surface area contributed by atoms with Gasteiger partial charge in [-0.2, -0.15) is 0 Å². The molecule has 6 heteroatoms. The summed E-state index contributed by atoms with van der Waals surface area (Å²) in [5.74, 6) is 0.558. The molecule has 0 aromatic heterocycles. The van der Waals surface area contributed by atoms with Gasteiger partial charge < -0.3 is 14.8 Å². The number of benzene rings is 1. The largest absolute Gasteiger partial charge is 0.493 e. The maximum atomic E-state index is 14.2. The lowest BCUT2D eigenvalue weighted by Crippen LogP contribution is -2.34. The van der Waals surface area contributed by atoms with Crippen LogP contribution in [0.4, 0.5) is 4.39 Å². The third-order valence-electron chi connectivity index (χ3n) is 3.82. The zero-order valence-electron chi connectivity index (χ0n) is 13.8. The summed E-state index contributed by atoms with van der Waals surface area (Å²) in [4.78, 5) is 13.2. The first kappa shape index (κ1) is 17.3. The Bertz CT molecular complexity index is 602. The first-order valence-electron chi connectivity index (χ1n) is 7.58. The van der Waals surface area contributed by atoms with Gasteiger partial charge in [-0.1, -0.05) is 6.08 Å². The molecule has 1 aromatic carbocycles. The van der Waals surface area contributed by atoms with E-state index in [2.05, 4.69) is 16.3 Å². The Kier molecular flexibility index (Phi) is 5.98. The van der Waals surface area contributed by atoms with Gasteiger partial charge in [-0.05, 0) is 18.1 Å². The predicted molar refractivity (Wildman–Crippen MR) is 86.2 cm³/mol. The van der Waals surface area contributed by atoms with Gasteiger partial charge in [0.25, 0.3) is 0 Å². The maximum absolute atomic E-state index is 14.2. The van der Waals surface area contributed by atoms with Crippen LogP contribution >= 0.6 is 0 Å². The number of nitrogens with one attached hydrogen (secondary N) is 1. The Hall–Kier alpha value is -2.08. The number of amides is 1. The highest BCUT2D eigenvalue weighted by Gasteiger charge is 2.17. The van der Waals surface area contributed by atoms with Gasteiger partial charge in [0.15, 0.2) is 11.5 Å². The number of carbonyl (C=O) groups excluding carboxylic acids is 1. The molecule has 1 aromatic rings. The quantitative estimate of drug-likeness (QED) is 0.815. The highest BCUT2D eigenvalue weighted by atomic mass is 19.1. The van der Waals surface area contributed by atoms with Crippen LogP contribution in [-0.2, 0) is 11.3 Å². The normalized spacial score (nSPS) is 15.0. The molecule has 126 valence electrons.